The maximum atomic E-state index is 14.8. The minimum absolute atomic E-state index is 0.104. The first-order valence-electron chi connectivity index (χ1n) is 8.80. The van der Waals surface area contributed by atoms with E-state index in [1.165, 1.54) is 12.4 Å². The van der Waals surface area contributed by atoms with Crippen molar-refractivity contribution in [1.82, 2.24) is 14.3 Å². The third kappa shape index (κ3) is 3.16. The van der Waals surface area contributed by atoms with Crippen molar-refractivity contribution >= 4 is 15.9 Å². The highest BCUT2D eigenvalue weighted by Gasteiger charge is 2.42. The Bertz CT molecular complexity index is 1020. The molecule has 27 heavy (non-hydrogen) atoms. The summed E-state index contributed by atoms with van der Waals surface area (Å²) in [5, 5.41) is 0. The number of hydrogen-bond acceptors (Lipinski definition) is 6. The fourth-order valence-electron chi connectivity index (χ4n) is 3.58. The lowest BCUT2D eigenvalue weighted by Gasteiger charge is -2.38. The molecule has 142 valence electrons. The number of aromatic nitrogens is 2. The number of hydrogen-bond donors (Lipinski definition) is 1. The zero-order valence-electron chi connectivity index (χ0n) is 15.0. The molecule has 2 atom stereocenters. The summed E-state index contributed by atoms with van der Waals surface area (Å²) in [6.07, 6.45) is 6.47. The van der Waals surface area contributed by atoms with E-state index in [1.807, 2.05) is 0 Å². The van der Waals surface area contributed by atoms with Gasteiger partial charge < -0.3 is 5.73 Å². The lowest BCUT2D eigenvalue weighted by Crippen LogP contribution is -2.52. The van der Waals surface area contributed by atoms with Crippen LogP contribution in [0.25, 0.3) is 11.1 Å². The molecule has 2 aromatic rings. The first kappa shape index (κ1) is 17.8. The van der Waals surface area contributed by atoms with E-state index in [-0.39, 0.29) is 11.7 Å². The largest absolute Gasteiger partial charge is 0.369 e. The molecule has 0 spiro atoms. The van der Waals surface area contributed by atoms with Crippen LogP contribution >= 0.6 is 0 Å². The second-order valence-corrected chi connectivity index (χ2v) is 9.18. The molecule has 0 aliphatic carbocycles. The molecular weight excluding hydrogens is 367 g/mol. The van der Waals surface area contributed by atoms with Gasteiger partial charge in [0, 0.05) is 30.1 Å². The number of guanidine groups is 1. The van der Waals surface area contributed by atoms with Gasteiger partial charge in [-0.3, -0.25) is 4.31 Å². The molecule has 0 fully saturated rings. The number of aliphatic imine (C=N–C) groups is 1. The van der Waals surface area contributed by atoms with Crippen LogP contribution in [0, 0.1) is 5.82 Å². The first-order valence-corrected chi connectivity index (χ1v) is 10.4. The highest BCUT2D eigenvalue weighted by atomic mass is 32.2. The molecule has 3 heterocycles. The van der Waals surface area contributed by atoms with Crippen LogP contribution in [-0.4, -0.2) is 43.3 Å². The fourth-order valence-corrected chi connectivity index (χ4v) is 6.08. The molecule has 7 nitrogen and oxygen atoms in total. The van der Waals surface area contributed by atoms with E-state index in [1.54, 1.807) is 35.8 Å². The number of nitrogens with two attached hydrogens (primary N) is 1. The minimum atomic E-state index is -2.76. The highest BCUT2D eigenvalue weighted by Crippen LogP contribution is 2.37. The molecule has 0 bridgehead atoms. The molecule has 2 aliphatic heterocycles. The third-order valence-corrected chi connectivity index (χ3v) is 7.52. The Kier molecular flexibility index (Phi) is 4.33. The van der Waals surface area contributed by atoms with Crippen LogP contribution in [0.1, 0.15) is 25.3 Å². The van der Waals surface area contributed by atoms with Crippen LogP contribution in [-0.2, 0) is 15.5 Å². The molecular formula is C18H21FN6OS. The smallest absolute Gasteiger partial charge is 0.204 e. The summed E-state index contributed by atoms with van der Waals surface area (Å²) in [6, 6.07) is 4.76. The molecule has 0 amide bonds. The molecule has 9 heteroatoms. The summed E-state index contributed by atoms with van der Waals surface area (Å²) in [7, 11) is -2.76. The average Bonchev–Trinajstić information content (AvgIpc) is 2.84. The second kappa shape index (κ2) is 6.56. The Hall–Kier alpha value is -2.55. The third-order valence-electron chi connectivity index (χ3n) is 4.93. The molecule has 0 saturated heterocycles. The second-order valence-electron chi connectivity index (χ2n) is 6.98. The van der Waals surface area contributed by atoms with Crippen molar-refractivity contribution in [1.29, 1.82) is 0 Å². The van der Waals surface area contributed by atoms with Gasteiger partial charge in [0.15, 0.2) is 0 Å². The number of fused-ring (bicyclic) bond motifs is 1. The van der Waals surface area contributed by atoms with Crippen molar-refractivity contribution in [2.45, 2.75) is 25.3 Å². The van der Waals surface area contributed by atoms with E-state index in [4.69, 9.17) is 5.73 Å². The van der Waals surface area contributed by atoms with Gasteiger partial charge in [-0.05, 0) is 37.5 Å². The zero-order chi connectivity index (χ0) is 19.1. The van der Waals surface area contributed by atoms with Gasteiger partial charge in [-0.15, -0.1) is 0 Å². The van der Waals surface area contributed by atoms with Gasteiger partial charge in [0.25, 0.3) is 0 Å². The van der Waals surface area contributed by atoms with Crippen LogP contribution < -0.4 is 5.73 Å². The molecule has 0 saturated carbocycles. The molecule has 2 N–H and O–H groups in total. The van der Waals surface area contributed by atoms with Crippen LogP contribution in [0.2, 0.25) is 0 Å². The average molecular weight is 388 g/mol. The normalized spacial score (nSPS) is 27.9. The lowest BCUT2D eigenvalue weighted by molar-refractivity contribution is 0.464. The zero-order valence-corrected chi connectivity index (χ0v) is 15.8. The minimum Gasteiger partial charge on any atom is -0.369 e. The Balaban J connectivity index is 1.84. The molecule has 0 unspecified atom stereocenters. The molecule has 4 rings (SSSR count). The monoisotopic (exact) mass is 388 g/mol. The topological polar surface area (TPSA) is 96.8 Å². The number of nitrogens with zero attached hydrogens (tertiary/aromatic N) is 5. The maximum absolute atomic E-state index is 14.8. The number of rotatable bonds is 2. The van der Waals surface area contributed by atoms with Gasteiger partial charge >= 0.3 is 0 Å². The molecule has 2 aliphatic rings. The Labute approximate surface area is 157 Å². The SMILES string of the molecule is C[C@@]1(c2cc(-c3cncnc3)ccc2F)C[S@]2(=O)=NCCCCN2C(N)=N1. The van der Waals surface area contributed by atoms with Gasteiger partial charge in [-0.25, -0.2) is 27.9 Å². The summed E-state index contributed by atoms with van der Waals surface area (Å²) in [5.74, 6) is -0.154. The van der Waals surface area contributed by atoms with Gasteiger partial charge in [0.2, 0.25) is 5.96 Å². The first-order chi connectivity index (χ1) is 12.9. The van der Waals surface area contributed by atoms with E-state index < -0.39 is 21.3 Å². The van der Waals surface area contributed by atoms with Gasteiger partial charge in [0.05, 0.1) is 12.3 Å². The number of benzene rings is 1. The van der Waals surface area contributed by atoms with Gasteiger partial charge in [0.1, 0.15) is 27.6 Å². The van der Waals surface area contributed by atoms with E-state index >= 15 is 0 Å². The fraction of sp³-hybridized carbons (Fsp3) is 0.389. The quantitative estimate of drug-likeness (QED) is 0.854. The van der Waals surface area contributed by atoms with E-state index in [9.17, 15) is 8.60 Å². The summed E-state index contributed by atoms with van der Waals surface area (Å²) < 4.78 is 34.3. The van der Waals surface area contributed by atoms with Crippen LogP contribution in [0.4, 0.5) is 4.39 Å². The van der Waals surface area contributed by atoms with Gasteiger partial charge in [-0.1, -0.05) is 6.07 Å². The molecule has 1 aromatic heterocycles. The van der Waals surface area contributed by atoms with Crippen LogP contribution in [0.15, 0.2) is 46.3 Å². The molecule has 1 aromatic carbocycles. The standard InChI is InChI=1S/C18H21FN6OS/c1-18(11-27(26)23-6-2-3-7-25(27)17(20)24-18)15-8-13(4-5-16(15)19)14-9-21-12-22-10-14/h4-5,8-10,12H,2-3,6-7,11H2,1H3,(H2,20,24)/t18-,27-/m0/s1. The summed E-state index contributed by atoms with van der Waals surface area (Å²) in [6.45, 7) is 2.83. The molecule has 0 radical (unpaired) electrons. The lowest BCUT2D eigenvalue weighted by atomic mass is 9.91. The van der Waals surface area contributed by atoms with Crippen LogP contribution in [0.3, 0.4) is 0 Å². The summed E-state index contributed by atoms with van der Waals surface area (Å²) in [4.78, 5) is 12.6. The van der Waals surface area contributed by atoms with Crippen LogP contribution in [0.5, 0.6) is 0 Å². The Morgan fingerprint density at radius 1 is 1.22 bits per heavy atom. The van der Waals surface area contributed by atoms with Crippen molar-refractivity contribution < 1.29 is 8.60 Å². The van der Waals surface area contributed by atoms with Crippen molar-refractivity contribution in [3.63, 3.8) is 0 Å². The van der Waals surface area contributed by atoms with Crippen molar-refractivity contribution in [2.24, 2.45) is 15.1 Å². The Morgan fingerprint density at radius 2 is 2.00 bits per heavy atom. The maximum Gasteiger partial charge on any atom is 0.204 e. The summed E-state index contributed by atoms with van der Waals surface area (Å²) >= 11 is 0. The summed E-state index contributed by atoms with van der Waals surface area (Å²) in [5.41, 5.74) is 6.95. The van der Waals surface area contributed by atoms with Crippen molar-refractivity contribution in [3.8, 4) is 11.1 Å². The van der Waals surface area contributed by atoms with Crippen molar-refractivity contribution in [3.05, 3.63) is 48.3 Å². The highest BCUT2D eigenvalue weighted by molar-refractivity contribution is 7.92. The van der Waals surface area contributed by atoms with E-state index in [0.29, 0.717) is 18.7 Å². The Morgan fingerprint density at radius 3 is 2.78 bits per heavy atom. The van der Waals surface area contributed by atoms with E-state index in [0.717, 1.165) is 24.0 Å². The van der Waals surface area contributed by atoms with E-state index in [2.05, 4.69) is 19.3 Å². The number of halogens is 1. The predicted octanol–water partition coefficient (Wildman–Crippen LogP) is 2.31. The van der Waals surface area contributed by atoms with Gasteiger partial charge in [-0.2, -0.15) is 0 Å². The predicted molar refractivity (Wildman–Crippen MR) is 103 cm³/mol. The van der Waals surface area contributed by atoms with Crippen molar-refractivity contribution in [2.75, 3.05) is 18.8 Å².